The Labute approximate surface area is 74.1 Å². The molecule has 0 aromatic heterocycles. The van der Waals surface area contributed by atoms with Gasteiger partial charge in [0.05, 0.1) is 5.54 Å². The van der Waals surface area contributed by atoms with Crippen LogP contribution in [0.1, 0.15) is 13.8 Å². The lowest BCUT2D eigenvalue weighted by Gasteiger charge is -2.27. The van der Waals surface area contributed by atoms with Gasteiger partial charge in [-0.3, -0.25) is 4.79 Å². The Balaban J connectivity index is 2.53. The molecule has 0 unspecified atom stereocenters. The minimum Gasteiger partial charge on any atom is -0.326 e. The minimum absolute atomic E-state index is 0.119. The van der Waals surface area contributed by atoms with Gasteiger partial charge in [-0.25, -0.2) is 10.2 Å². The molecule has 6 nitrogen and oxygen atoms in total. The zero-order valence-electron chi connectivity index (χ0n) is 7.21. The molecule has 2 aliphatic heterocycles. The first-order valence-corrected chi connectivity index (χ1v) is 3.80. The van der Waals surface area contributed by atoms with Crippen LogP contribution < -0.4 is 10.7 Å². The highest BCUT2D eigenvalue weighted by molar-refractivity contribution is 6.71. The lowest BCUT2D eigenvalue weighted by Crippen LogP contribution is -2.55. The number of hydrazone groups is 1. The summed E-state index contributed by atoms with van der Waals surface area (Å²) in [5.74, 6) is -0.419. The van der Waals surface area contributed by atoms with E-state index in [9.17, 15) is 9.59 Å². The van der Waals surface area contributed by atoms with Gasteiger partial charge in [0.15, 0.2) is 5.71 Å². The fourth-order valence-electron chi connectivity index (χ4n) is 1.32. The Hall–Kier alpha value is -1.72. The van der Waals surface area contributed by atoms with Gasteiger partial charge in [0.1, 0.15) is 5.71 Å². The molecule has 0 spiro atoms. The number of hydrogen-bond donors (Lipinski definition) is 2. The van der Waals surface area contributed by atoms with Crippen molar-refractivity contribution in [3.63, 3.8) is 0 Å². The third-order valence-electron chi connectivity index (χ3n) is 1.93. The Kier molecular flexibility index (Phi) is 1.31. The summed E-state index contributed by atoms with van der Waals surface area (Å²) in [6.07, 6.45) is 0. The quantitative estimate of drug-likeness (QED) is 0.522. The van der Waals surface area contributed by atoms with Gasteiger partial charge in [-0.2, -0.15) is 10.1 Å². The number of hydrogen-bond acceptors (Lipinski definition) is 3. The van der Waals surface area contributed by atoms with Crippen LogP contribution in [0.25, 0.3) is 0 Å². The molecule has 2 heterocycles. The number of urea groups is 1. The lowest BCUT2D eigenvalue weighted by atomic mass is 9.93. The van der Waals surface area contributed by atoms with Crippen molar-refractivity contribution < 1.29 is 9.59 Å². The summed E-state index contributed by atoms with van der Waals surface area (Å²) in [5.41, 5.74) is 2.23. The largest absolute Gasteiger partial charge is 0.342 e. The van der Waals surface area contributed by atoms with E-state index in [1.54, 1.807) is 13.8 Å². The molecule has 0 aromatic carbocycles. The highest BCUT2D eigenvalue weighted by Crippen LogP contribution is 2.15. The van der Waals surface area contributed by atoms with Gasteiger partial charge >= 0.3 is 6.03 Å². The fraction of sp³-hybridized carbons (Fsp3) is 0.429. The standard InChI is InChI=1S/C7H8N4O2/c1-7(2)4-3(5(12)11-10-4)8-6(13)9-7/h1-2H3,(H,9,13)(H,11,12). The predicted octanol–water partition coefficient (Wildman–Crippen LogP) is -0.585. The SMILES string of the molecule is CC1(C)NC(=O)N=C2C(=O)NN=C21. The highest BCUT2D eigenvalue weighted by Gasteiger charge is 2.41. The average molecular weight is 180 g/mol. The molecule has 0 fully saturated rings. The van der Waals surface area contributed by atoms with Crippen molar-refractivity contribution in [2.75, 3.05) is 0 Å². The van der Waals surface area contributed by atoms with Gasteiger partial charge in [0, 0.05) is 0 Å². The van der Waals surface area contributed by atoms with E-state index in [0.717, 1.165) is 0 Å². The lowest BCUT2D eigenvalue weighted by molar-refractivity contribution is -0.114. The van der Waals surface area contributed by atoms with Crippen LogP contribution in [0.4, 0.5) is 4.79 Å². The van der Waals surface area contributed by atoms with Gasteiger partial charge in [-0.05, 0) is 13.8 Å². The van der Waals surface area contributed by atoms with Gasteiger partial charge in [0.25, 0.3) is 5.91 Å². The summed E-state index contributed by atoms with van der Waals surface area (Å²) < 4.78 is 0. The normalized spacial score (nSPS) is 24.2. The Bertz CT molecular complexity index is 367. The molecule has 0 saturated heterocycles. The topological polar surface area (TPSA) is 82.9 Å². The smallest absolute Gasteiger partial charge is 0.326 e. The Morgan fingerprint density at radius 2 is 2.00 bits per heavy atom. The second-order valence-electron chi connectivity index (χ2n) is 3.42. The molecule has 0 bridgehead atoms. The number of nitrogens with zero attached hydrogens (tertiary/aromatic N) is 2. The molecule has 2 N–H and O–H groups in total. The van der Waals surface area contributed by atoms with E-state index >= 15 is 0 Å². The average Bonchev–Trinajstić information content (AvgIpc) is 2.31. The number of aliphatic imine (C=N–C) groups is 1. The third-order valence-corrected chi connectivity index (χ3v) is 1.93. The van der Waals surface area contributed by atoms with Crippen molar-refractivity contribution in [3.8, 4) is 0 Å². The van der Waals surface area contributed by atoms with Crippen molar-refractivity contribution in [3.05, 3.63) is 0 Å². The number of carbonyl (C=O) groups is 2. The van der Waals surface area contributed by atoms with E-state index in [-0.39, 0.29) is 5.71 Å². The second-order valence-corrected chi connectivity index (χ2v) is 3.42. The molecular weight excluding hydrogens is 172 g/mol. The highest BCUT2D eigenvalue weighted by atomic mass is 16.2. The number of rotatable bonds is 0. The summed E-state index contributed by atoms with van der Waals surface area (Å²) in [5, 5.41) is 6.40. The number of carbonyl (C=O) groups excluding carboxylic acids is 2. The van der Waals surface area contributed by atoms with Crippen LogP contribution in [0, 0.1) is 0 Å². The molecule has 13 heavy (non-hydrogen) atoms. The first-order valence-electron chi connectivity index (χ1n) is 3.80. The fourth-order valence-corrected chi connectivity index (χ4v) is 1.32. The van der Waals surface area contributed by atoms with Gasteiger partial charge in [-0.15, -0.1) is 0 Å². The molecule has 68 valence electrons. The minimum atomic E-state index is -0.632. The molecule has 2 aliphatic rings. The summed E-state index contributed by atoms with van der Waals surface area (Å²) >= 11 is 0. The number of nitrogens with one attached hydrogen (secondary N) is 2. The van der Waals surface area contributed by atoms with Crippen LogP contribution in [-0.2, 0) is 4.79 Å². The predicted molar refractivity (Wildman–Crippen MR) is 45.6 cm³/mol. The van der Waals surface area contributed by atoms with Crippen molar-refractivity contribution in [2.45, 2.75) is 19.4 Å². The van der Waals surface area contributed by atoms with E-state index in [4.69, 9.17) is 0 Å². The maximum atomic E-state index is 11.1. The van der Waals surface area contributed by atoms with E-state index in [1.165, 1.54) is 0 Å². The van der Waals surface area contributed by atoms with Crippen LogP contribution in [0.3, 0.4) is 0 Å². The third kappa shape index (κ3) is 1.02. The van der Waals surface area contributed by atoms with Crippen molar-refractivity contribution in [2.24, 2.45) is 10.1 Å². The van der Waals surface area contributed by atoms with Crippen LogP contribution in [0.15, 0.2) is 10.1 Å². The van der Waals surface area contributed by atoms with Crippen LogP contribution >= 0.6 is 0 Å². The van der Waals surface area contributed by atoms with Gasteiger partial charge in [0.2, 0.25) is 0 Å². The zero-order chi connectivity index (χ0) is 9.64. The number of amides is 3. The van der Waals surface area contributed by atoms with Gasteiger partial charge in [-0.1, -0.05) is 0 Å². The first-order chi connectivity index (χ1) is 6.00. The number of fused-ring (bicyclic) bond motifs is 1. The van der Waals surface area contributed by atoms with E-state index < -0.39 is 17.5 Å². The maximum absolute atomic E-state index is 11.1. The van der Waals surface area contributed by atoms with Crippen molar-refractivity contribution in [1.29, 1.82) is 0 Å². The van der Waals surface area contributed by atoms with Crippen LogP contribution in [-0.4, -0.2) is 28.9 Å². The zero-order valence-corrected chi connectivity index (χ0v) is 7.21. The van der Waals surface area contributed by atoms with Crippen LogP contribution in [0.5, 0.6) is 0 Å². The van der Waals surface area contributed by atoms with E-state index in [2.05, 4.69) is 20.8 Å². The van der Waals surface area contributed by atoms with Crippen LogP contribution in [0.2, 0.25) is 0 Å². The second kappa shape index (κ2) is 2.15. The summed E-state index contributed by atoms with van der Waals surface area (Å²) in [6, 6.07) is -0.504. The molecule has 6 heteroatoms. The van der Waals surface area contributed by atoms with E-state index in [0.29, 0.717) is 5.71 Å². The summed E-state index contributed by atoms with van der Waals surface area (Å²) in [7, 11) is 0. The van der Waals surface area contributed by atoms with Crippen molar-refractivity contribution in [1.82, 2.24) is 10.7 Å². The maximum Gasteiger partial charge on any atom is 0.342 e. The summed E-state index contributed by atoms with van der Waals surface area (Å²) in [4.78, 5) is 25.7. The first kappa shape index (κ1) is 7.90. The molecule has 0 saturated carbocycles. The monoisotopic (exact) mass is 180 g/mol. The Morgan fingerprint density at radius 3 is 2.69 bits per heavy atom. The van der Waals surface area contributed by atoms with Crippen molar-refractivity contribution >= 4 is 23.4 Å². The van der Waals surface area contributed by atoms with E-state index in [1.807, 2.05) is 0 Å². The molecule has 0 radical (unpaired) electrons. The molecule has 3 amide bonds. The molecule has 0 aliphatic carbocycles. The molecule has 0 aromatic rings. The Morgan fingerprint density at radius 1 is 1.31 bits per heavy atom. The molecule has 2 rings (SSSR count). The van der Waals surface area contributed by atoms with Gasteiger partial charge < -0.3 is 5.32 Å². The molecular formula is C7H8N4O2. The molecule has 0 atom stereocenters. The summed E-state index contributed by atoms with van der Waals surface area (Å²) in [6.45, 7) is 3.53.